The van der Waals surface area contributed by atoms with Gasteiger partial charge >= 0.3 is 17.9 Å². The van der Waals surface area contributed by atoms with Gasteiger partial charge in [0, 0.05) is 20.3 Å². The number of ether oxygens (including phenoxy) is 3. The van der Waals surface area contributed by atoms with Crippen LogP contribution in [-0.4, -0.2) is 41.5 Å². The Morgan fingerprint density at radius 2 is 1.68 bits per heavy atom. The number of carbonyl (C=O) groups excluding carboxylic acids is 4. The second kappa shape index (κ2) is 10.2. The van der Waals surface area contributed by atoms with E-state index in [-0.39, 0.29) is 29.5 Å². The lowest BCUT2D eigenvalue weighted by Crippen LogP contribution is -2.55. The van der Waals surface area contributed by atoms with Crippen molar-refractivity contribution in [1.82, 2.24) is 0 Å². The van der Waals surface area contributed by atoms with E-state index in [2.05, 4.69) is 20.4 Å². The van der Waals surface area contributed by atoms with Gasteiger partial charge in [-0.05, 0) is 66.2 Å². The smallest absolute Gasteiger partial charge is 0.338 e. The van der Waals surface area contributed by atoms with Gasteiger partial charge in [0.2, 0.25) is 5.78 Å². The summed E-state index contributed by atoms with van der Waals surface area (Å²) < 4.78 is 17.9. The van der Waals surface area contributed by atoms with Crippen LogP contribution in [0.1, 0.15) is 71.2 Å². The summed E-state index contributed by atoms with van der Waals surface area (Å²) in [7, 11) is 0. The first kappa shape index (κ1) is 27.8. The minimum atomic E-state index is -1.69. The Hall–Kier alpha value is -3.22. The highest BCUT2D eigenvalue weighted by atomic mass is 16.6. The van der Waals surface area contributed by atoms with E-state index in [0.29, 0.717) is 29.0 Å². The number of hydrogen-bond donors (Lipinski definition) is 0. The maximum Gasteiger partial charge on any atom is 0.338 e. The van der Waals surface area contributed by atoms with Gasteiger partial charge in [-0.3, -0.25) is 14.4 Å². The van der Waals surface area contributed by atoms with Crippen molar-refractivity contribution < 1.29 is 33.4 Å². The number of Topliss-reactive ketones (excluding diaryl/α,β-unsaturated/α-hetero) is 1. The Morgan fingerprint density at radius 1 is 1.03 bits per heavy atom. The molecule has 4 rings (SSSR count). The van der Waals surface area contributed by atoms with Crippen LogP contribution in [0.5, 0.6) is 0 Å². The molecule has 0 unspecified atom stereocenters. The maximum absolute atomic E-state index is 14.3. The quantitative estimate of drug-likeness (QED) is 0.303. The normalized spacial score (nSPS) is 35.5. The molecule has 1 aromatic carbocycles. The number of carbonyl (C=O) groups is 4. The molecule has 0 heterocycles. The minimum Gasteiger partial charge on any atom is -0.462 e. The molecule has 3 aliphatic carbocycles. The predicted octanol–water partition coefficient (Wildman–Crippen LogP) is 5.24. The van der Waals surface area contributed by atoms with Crippen molar-refractivity contribution in [3.63, 3.8) is 0 Å². The summed E-state index contributed by atoms with van der Waals surface area (Å²) >= 11 is 0. The van der Waals surface area contributed by atoms with Crippen molar-refractivity contribution >= 4 is 23.7 Å². The van der Waals surface area contributed by atoms with Gasteiger partial charge < -0.3 is 14.2 Å². The first-order chi connectivity index (χ1) is 17.8. The van der Waals surface area contributed by atoms with Crippen LogP contribution in [0.3, 0.4) is 0 Å². The summed E-state index contributed by atoms with van der Waals surface area (Å²) in [5, 5.41) is 0. The zero-order valence-corrected chi connectivity index (χ0v) is 23.1. The lowest BCUT2D eigenvalue weighted by molar-refractivity contribution is -0.178. The fourth-order valence-electron chi connectivity index (χ4n) is 6.80. The Balaban J connectivity index is 1.89. The van der Waals surface area contributed by atoms with Crippen LogP contribution < -0.4 is 0 Å². The highest BCUT2D eigenvalue weighted by Gasteiger charge is 2.65. The molecule has 7 heteroatoms. The van der Waals surface area contributed by atoms with Crippen LogP contribution in [-0.2, 0) is 28.6 Å². The van der Waals surface area contributed by atoms with Crippen molar-refractivity contribution in [1.29, 1.82) is 0 Å². The van der Waals surface area contributed by atoms with E-state index in [9.17, 15) is 19.2 Å². The Kier molecular flexibility index (Phi) is 7.43. The number of esters is 3. The first-order valence-electron chi connectivity index (χ1n) is 13.3. The van der Waals surface area contributed by atoms with Crippen molar-refractivity contribution in [3.05, 3.63) is 59.7 Å². The molecular formula is C31H38O7. The summed E-state index contributed by atoms with van der Waals surface area (Å²) in [4.78, 5) is 52.4. The summed E-state index contributed by atoms with van der Waals surface area (Å²) in [6.07, 6.45) is 1.62. The molecule has 38 heavy (non-hydrogen) atoms. The molecule has 0 saturated heterocycles. The Bertz CT molecular complexity index is 1180. The summed E-state index contributed by atoms with van der Waals surface area (Å²) in [6.45, 7) is 14.8. The molecule has 0 N–H and O–H groups in total. The fraction of sp³-hybridized carbons (Fsp3) is 0.548. The van der Waals surface area contributed by atoms with Crippen molar-refractivity contribution in [2.75, 3.05) is 0 Å². The van der Waals surface area contributed by atoms with Crippen LogP contribution in [0.15, 0.2) is 54.1 Å². The summed E-state index contributed by atoms with van der Waals surface area (Å²) in [5.74, 6) is -2.88. The fourth-order valence-corrected chi connectivity index (χ4v) is 6.80. The second-order valence-electron chi connectivity index (χ2n) is 11.8. The molecule has 1 aromatic rings. The van der Waals surface area contributed by atoms with E-state index >= 15 is 0 Å². The van der Waals surface area contributed by atoms with E-state index in [1.807, 2.05) is 13.0 Å². The number of fused-ring (bicyclic) bond motifs is 2. The minimum absolute atomic E-state index is 0.00840. The third kappa shape index (κ3) is 4.95. The zero-order chi connectivity index (χ0) is 28.0. The maximum atomic E-state index is 14.3. The lowest BCUT2D eigenvalue weighted by atomic mass is 9.76. The number of benzene rings is 1. The molecule has 2 fully saturated rings. The van der Waals surface area contributed by atoms with Gasteiger partial charge in [0.1, 0.15) is 12.2 Å². The average molecular weight is 523 g/mol. The van der Waals surface area contributed by atoms with Crippen LogP contribution in [0.25, 0.3) is 0 Å². The number of allylic oxidation sites excluding steroid dienone is 1. The molecule has 7 nitrogen and oxygen atoms in total. The van der Waals surface area contributed by atoms with Gasteiger partial charge in [-0.1, -0.05) is 51.6 Å². The van der Waals surface area contributed by atoms with E-state index in [0.717, 1.165) is 6.42 Å². The molecule has 204 valence electrons. The summed E-state index contributed by atoms with van der Waals surface area (Å²) in [6, 6.07) is 8.56. The van der Waals surface area contributed by atoms with Crippen molar-refractivity contribution in [3.8, 4) is 0 Å². The molecule has 0 spiro atoms. The molecule has 0 amide bonds. The highest BCUT2D eigenvalue weighted by molar-refractivity contribution is 6.03. The van der Waals surface area contributed by atoms with Crippen LogP contribution in [0, 0.1) is 29.1 Å². The molecule has 7 atom stereocenters. The van der Waals surface area contributed by atoms with Gasteiger partial charge in [0.15, 0.2) is 5.60 Å². The van der Waals surface area contributed by atoms with E-state index < -0.39 is 41.6 Å². The lowest BCUT2D eigenvalue weighted by Gasteiger charge is -2.40. The molecule has 0 bridgehead atoms. The van der Waals surface area contributed by atoms with Crippen molar-refractivity contribution in [2.45, 2.75) is 78.6 Å². The first-order valence-corrected chi connectivity index (χ1v) is 13.3. The van der Waals surface area contributed by atoms with Crippen LogP contribution in [0.4, 0.5) is 0 Å². The molecule has 3 aliphatic rings. The number of ketones is 1. The second-order valence-corrected chi connectivity index (χ2v) is 11.8. The zero-order valence-electron chi connectivity index (χ0n) is 23.1. The van der Waals surface area contributed by atoms with Crippen LogP contribution >= 0.6 is 0 Å². The molecule has 2 saturated carbocycles. The molecule has 0 aromatic heterocycles. The third-order valence-electron chi connectivity index (χ3n) is 8.77. The van der Waals surface area contributed by atoms with Crippen LogP contribution in [0.2, 0.25) is 0 Å². The van der Waals surface area contributed by atoms with Crippen molar-refractivity contribution in [2.24, 2.45) is 29.1 Å². The SMILES string of the molecule is C=C1CC[C@H]2[C@@H](/C=C(\C)C(=O)[C@@]3(OC(C)=O)C[C@H](C)[C@H](OC(C)=O)[C@@H]3[C@@H]1OC(=O)c1ccccc1)C2(C)C. The molecule has 0 aliphatic heterocycles. The topological polar surface area (TPSA) is 96.0 Å². The summed E-state index contributed by atoms with van der Waals surface area (Å²) in [5.41, 5.74) is -0.235. The Labute approximate surface area is 224 Å². The number of hydrogen-bond acceptors (Lipinski definition) is 7. The van der Waals surface area contributed by atoms with E-state index in [4.69, 9.17) is 14.2 Å². The van der Waals surface area contributed by atoms with Gasteiger partial charge in [-0.2, -0.15) is 0 Å². The number of rotatable bonds is 4. The molecular weight excluding hydrogens is 484 g/mol. The monoisotopic (exact) mass is 522 g/mol. The van der Waals surface area contributed by atoms with E-state index in [1.165, 1.54) is 13.8 Å². The third-order valence-corrected chi connectivity index (χ3v) is 8.77. The highest BCUT2D eigenvalue weighted by Crippen LogP contribution is 2.62. The largest absolute Gasteiger partial charge is 0.462 e. The van der Waals surface area contributed by atoms with Gasteiger partial charge in [-0.15, -0.1) is 0 Å². The molecule has 0 radical (unpaired) electrons. The van der Waals surface area contributed by atoms with Gasteiger partial charge in [0.05, 0.1) is 11.5 Å². The van der Waals surface area contributed by atoms with E-state index in [1.54, 1.807) is 37.3 Å². The standard InChI is InChI=1S/C31H38O7/c1-17-13-14-23-24(30(23,6)7)15-18(2)28(34)31(38-21(5)33)16-19(3)27(36-20(4)32)25(31)26(17)37-29(35)22-11-9-8-10-12-22/h8-12,15,19,23-27H,1,13-14,16H2,2-7H3/b18-15+/t19-,23-,24+,25-,26+,27-,31+/m0/s1. The van der Waals surface area contributed by atoms with Gasteiger partial charge in [0.25, 0.3) is 0 Å². The Morgan fingerprint density at radius 3 is 2.29 bits per heavy atom. The van der Waals surface area contributed by atoms with Gasteiger partial charge in [-0.25, -0.2) is 4.79 Å². The average Bonchev–Trinajstić information content (AvgIpc) is 3.24. The predicted molar refractivity (Wildman–Crippen MR) is 141 cm³/mol.